The third-order valence-electron chi connectivity index (χ3n) is 4.37. The lowest BCUT2D eigenvalue weighted by atomic mass is 9.97. The van der Waals surface area contributed by atoms with Crippen LogP contribution in [0.25, 0.3) is 11.1 Å². The molecule has 1 aliphatic rings. The average Bonchev–Trinajstić information content (AvgIpc) is 3.20. The van der Waals surface area contributed by atoms with E-state index >= 15 is 0 Å². The van der Waals surface area contributed by atoms with Gasteiger partial charge in [0.05, 0.1) is 25.2 Å². The Hall–Kier alpha value is -2.95. The number of nitrogen functional groups attached to an aromatic ring is 1. The van der Waals surface area contributed by atoms with Crippen molar-refractivity contribution in [3.05, 3.63) is 35.4 Å². The molecule has 1 aromatic heterocycles. The summed E-state index contributed by atoms with van der Waals surface area (Å²) in [7, 11) is 0. The number of nitrogens with zero attached hydrogens (tertiary/aromatic N) is 3. The van der Waals surface area contributed by atoms with Gasteiger partial charge in [0.1, 0.15) is 40.4 Å². The van der Waals surface area contributed by atoms with Crippen LogP contribution in [0, 0.1) is 22.7 Å². The highest BCUT2D eigenvalue weighted by molar-refractivity contribution is 7.99. The molecule has 0 aliphatic carbocycles. The smallest absolute Gasteiger partial charge is 0.389 e. The molecule has 6 nitrogen and oxygen atoms in total. The number of ether oxygens (including phenoxy) is 2. The van der Waals surface area contributed by atoms with Gasteiger partial charge in [0, 0.05) is 17.7 Å². The second kappa shape index (κ2) is 9.24. The summed E-state index contributed by atoms with van der Waals surface area (Å²) < 4.78 is 48.5. The lowest BCUT2D eigenvalue weighted by molar-refractivity contribution is -0.129. The van der Waals surface area contributed by atoms with Gasteiger partial charge in [-0.2, -0.15) is 23.7 Å². The highest BCUT2D eigenvalue weighted by Crippen LogP contribution is 2.37. The summed E-state index contributed by atoms with van der Waals surface area (Å²) in [6.07, 6.45) is -4.59. The Kier molecular flexibility index (Phi) is 6.70. The quantitative estimate of drug-likeness (QED) is 0.676. The van der Waals surface area contributed by atoms with Gasteiger partial charge in [-0.05, 0) is 17.7 Å². The molecular formula is C20H17F3N4O2S. The van der Waals surface area contributed by atoms with E-state index in [0.717, 1.165) is 18.2 Å². The summed E-state index contributed by atoms with van der Waals surface area (Å²) in [4.78, 5) is 4.00. The van der Waals surface area contributed by atoms with E-state index in [9.17, 15) is 23.7 Å². The molecule has 0 radical (unpaired) electrons. The number of halogens is 3. The number of rotatable bonds is 6. The van der Waals surface area contributed by atoms with Crippen molar-refractivity contribution in [3.8, 4) is 29.0 Å². The molecule has 156 valence electrons. The van der Waals surface area contributed by atoms with Gasteiger partial charge in [0.15, 0.2) is 0 Å². The fraction of sp³-hybridized carbons (Fsp3) is 0.350. The normalized spacial score (nSPS) is 16.1. The Balaban J connectivity index is 1.94. The maximum Gasteiger partial charge on any atom is 0.389 e. The van der Waals surface area contributed by atoms with E-state index in [2.05, 4.69) is 4.98 Å². The van der Waals surface area contributed by atoms with Crippen LogP contribution < -0.4 is 10.5 Å². The van der Waals surface area contributed by atoms with Gasteiger partial charge >= 0.3 is 6.18 Å². The van der Waals surface area contributed by atoms with Crippen molar-refractivity contribution in [2.75, 3.05) is 24.7 Å². The molecule has 0 amide bonds. The van der Waals surface area contributed by atoms with Crippen LogP contribution in [-0.2, 0) is 4.74 Å². The first-order valence-corrected chi connectivity index (χ1v) is 9.99. The van der Waals surface area contributed by atoms with Crippen LogP contribution in [0.4, 0.5) is 19.0 Å². The molecule has 2 aromatic rings. The monoisotopic (exact) mass is 434 g/mol. The molecule has 0 spiro atoms. The molecule has 1 aromatic carbocycles. The summed E-state index contributed by atoms with van der Waals surface area (Å²) in [6, 6.07) is 10.6. The number of nitriles is 2. The van der Waals surface area contributed by atoms with Crippen molar-refractivity contribution >= 4 is 17.6 Å². The van der Waals surface area contributed by atoms with Gasteiger partial charge in [-0.15, -0.1) is 11.8 Å². The van der Waals surface area contributed by atoms with Crippen LogP contribution in [-0.4, -0.2) is 36.2 Å². The van der Waals surface area contributed by atoms with E-state index in [1.807, 2.05) is 12.1 Å². The zero-order valence-electron chi connectivity index (χ0n) is 15.7. The summed E-state index contributed by atoms with van der Waals surface area (Å²) >= 11 is 0.784. The van der Waals surface area contributed by atoms with Crippen LogP contribution in [0.1, 0.15) is 24.0 Å². The molecule has 1 fully saturated rings. The van der Waals surface area contributed by atoms with Crippen molar-refractivity contribution in [1.82, 2.24) is 4.98 Å². The first-order valence-electron chi connectivity index (χ1n) is 9.00. The van der Waals surface area contributed by atoms with Crippen molar-refractivity contribution in [2.45, 2.75) is 30.1 Å². The van der Waals surface area contributed by atoms with Crippen molar-refractivity contribution in [3.63, 3.8) is 0 Å². The highest BCUT2D eigenvalue weighted by atomic mass is 32.2. The van der Waals surface area contributed by atoms with Crippen LogP contribution >= 0.6 is 11.8 Å². The number of pyridine rings is 1. The Morgan fingerprint density at radius 1 is 1.20 bits per heavy atom. The minimum atomic E-state index is -4.32. The minimum absolute atomic E-state index is 0.00424. The summed E-state index contributed by atoms with van der Waals surface area (Å²) in [5.41, 5.74) is 6.66. The fourth-order valence-corrected chi connectivity index (χ4v) is 3.93. The van der Waals surface area contributed by atoms with E-state index in [1.165, 1.54) is 0 Å². The van der Waals surface area contributed by atoms with Gasteiger partial charge < -0.3 is 15.2 Å². The number of benzene rings is 1. The van der Waals surface area contributed by atoms with Crippen LogP contribution in [0.15, 0.2) is 29.3 Å². The Morgan fingerprint density at radius 3 is 2.47 bits per heavy atom. The average molecular weight is 434 g/mol. The molecule has 1 unspecified atom stereocenters. The molecule has 10 heteroatoms. The SMILES string of the molecule is N#Cc1c(N)nc(SCCC(F)(F)F)c(C#N)c1-c1ccc(OC2CCOC2)cc1. The summed E-state index contributed by atoms with van der Waals surface area (Å²) in [5.74, 6) is 0.157. The van der Waals surface area contributed by atoms with Crippen LogP contribution in [0.3, 0.4) is 0 Å². The molecule has 1 saturated heterocycles. The number of thioether (sulfide) groups is 1. The number of hydrogen-bond acceptors (Lipinski definition) is 7. The Bertz CT molecular complexity index is 992. The first kappa shape index (κ1) is 21.8. The lowest BCUT2D eigenvalue weighted by Crippen LogP contribution is -2.15. The maximum absolute atomic E-state index is 12.5. The predicted molar refractivity (Wildman–Crippen MR) is 105 cm³/mol. The minimum Gasteiger partial charge on any atom is -0.488 e. The number of anilines is 1. The zero-order valence-corrected chi connectivity index (χ0v) is 16.5. The van der Waals surface area contributed by atoms with Crippen molar-refractivity contribution in [1.29, 1.82) is 10.5 Å². The van der Waals surface area contributed by atoms with Crippen molar-refractivity contribution < 1.29 is 22.6 Å². The van der Waals surface area contributed by atoms with E-state index in [1.54, 1.807) is 24.3 Å². The Morgan fingerprint density at radius 2 is 1.90 bits per heavy atom. The molecule has 2 heterocycles. The van der Waals surface area contributed by atoms with Crippen LogP contribution in [0.2, 0.25) is 0 Å². The van der Waals surface area contributed by atoms with Gasteiger partial charge in [-0.25, -0.2) is 4.98 Å². The van der Waals surface area contributed by atoms with E-state index in [4.69, 9.17) is 15.2 Å². The Labute approximate surface area is 175 Å². The molecule has 2 N–H and O–H groups in total. The van der Waals surface area contributed by atoms with E-state index in [0.29, 0.717) is 24.5 Å². The topological polar surface area (TPSA) is 105 Å². The number of nitrogens with two attached hydrogens (primary N) is 1. The number of hydrogen-bond donors (Lipinski definition) is 1. The molecule has 3 rings (SSSR count). The van der Waals surface area contributed by atoms with Gasteiger partial charge in [-0.1, -0.05) is 12.1 Å². The highest BCUT2D eigenvalue weighted by Gasteiger charge is 2.27. The molecule has 30 heavy (non-hydrogen) atoms. The molecule has 1 atom stereocenters. The molecular weight excluding hydrogens is 417 g/mol. The van der Waals surface area contributed by atoms with Crippen molar-refractivity contribution in [2.24, 2.45) is 0 Å². The third kappa shape index (κ3) is 5.15. The summed E-state index contributed by atoms with van der Waals surface area (Å²) in [6.45, 7) is 1.16. The molecule has 0 bridgehead atoms. The first-order chi connectivity index (χ1) is 14.3. The zero-order chi connectivity index (χ0) is 21.7. The molecule has 1 aliphatic heterocycles. The third-order valence-corrected chi connectivity index (χ3v) is 5.35. The largest absolute Gasteiger partial charge is 0.488 e. The number of aromatic nitrogens is 1. The molecule has 0 saturated carbocycles. The van der Waals surface area contributed by atoms with E-state index in [-0.39, 0.29) is 39.4 Å². The second-order valence-electron chi connectivity index (χ2n) is 6.49. The number of alkyl halides is 3. The lowest BCUT2D eigenvalue weighted by Gasteiger charge is -2.15. The van der Waals surface area contributed by atoms with Gasteiger partial charge in [0.2, 0.25) is 0 Å². The predicted octanol–water partition coefficient (Wildman–Crippen LogP) is 4.29. The van der Waals surface area contributed by atoms with E-state index < -0.39 is 12.6 Å². The summed E-state index contributed by atoms with van der Waals surface area (Å²) in [5, 5.41) is 19.3. The van der Waals surface area contributed by atoms with Gasteiger partial charge in [0.25, 0.3) is 0 Å². The second-order valence-corrected chi connectivity index (χ2v) is 7.58. The maximum atomic E-state index is 12.5. The fourth-order valence-electron chi connectivity index (χ4n) is 2.95. The van der Waals surface area contributed by atoms with Crippen LogP contribution in [0.5, 0.6) is 5.75 Å². The van der Waals surface area contributed by atoms with Gasteiger partial charge in [-0.3, -0.25) is 0 Å². The standard InChI is InChI=1S/C20H17F3N4O2S/c21-20(22,23)6-8-30-19-16(10-25)17(15(9-24)18(26)27-19)12-1-3-13(4-2-12)29-14-5-7-28-11-14/h1-4,14H,5-8,11H2,(H2,26,27).